The second-order valence-corrected chi connectivity index (χ2v) is 5.10. The zero-order chi connectivity index (χ0) is 13.8. The maximum Gasteiger partial charge on any atom is 0.264 e. The molecule has 0 fully saturated rings. The van der Waals surface area contributed by atoms with Gasteiger partial charge in [-0.2, -0.15) is 0 Å². The minimum Gasteiger partial charge on any atom is -0.395 e. The van der Waals surface area contributed by atoms with Crippen molar-refractivity contribution in [3.63, 3.8) is 0 Å². The van der Waals surface area contributed by atoms with Crippen LogP contribution in [0.2, 0.25) is 0 Å². The highest BCUT2D eigenvalue weighted by Gasteiger charge is 2.20. The summed E-state index contributed by atoms with van der Waals surface area (Å²) >= 11 is 1.27. The van der Waals surface area contributed by atoms with Crippen molar-refractivity contribution in [2.75, 3.05) is 19.7 Å². The summed E-state index contributed by atoms with van der Waals surface area (Å²) in [4.78, 5) is 13.5. The highest BCUT2D eigenvalue weighted by molar-refractivity contribution is 7.20. The van der Waals surface area contributed by atoms with Crippen LogP contribution < -0.4 is 0 Å². The number of benzene rings is 1. The molecule has 0 aliphatic heterocycles. The molecule has 0 aliphatic carbocycles. The second-order valence-electron chi connectivity index (χ2n) is 4.01. The van der Waals surface area contributed by atoms with Crippen molar-refractivity contribution >= 4 is 27.3 Å². The van der Waals surface area contributed by atoms with E-state index in [1.807, 2.05) is 24.3 Å². The maximum atomic E-state index is 12.4. The number of halogens is 2. The van der Waals surface area contributed by atoms with E-state index in [2.05, 4.69) is 0 Å². The largest absolute Gasteiger partial charge is 0.395 e. The number of thiophene rings is 1. The number of carbonyl (C=O) groups excluding carboxylic acids is 1. The summed E-state index contributed by atoms with van der Waals surface area (Å²) in [7, 11) is 0. The van der Waals surface area contributed by atoms with Gasteiger partial charge in [-0.3, -0.25) is 4.79 Å². The Bertz CT molecular complexity index is 538. The molecule has 19 heavy (non-hydrogen) atoms. The number of amides is 1. The fraction of sp³-hybridized carbons (Fsp3) is 0.308. The van der Waals surface area contributed by atoms with E-state index < -0.39 is 18.9 Å². The van der Waals surface area contributed by atoms with Crippen LogP contribution in [0, 0.1) is 0 Å². The molecule has 2 aromatic rings. The predicted molar refractivity (Wildman–Crippen MR) is 70.8 cm³/mol. The molecule has 0 saturated carbocycles. The van der Waals surface area contributed by atoms with Crippen LogP contribution in [0.25, 0.3) is 10.1 Å². The molecule has 0 aliphatic rings. The molecule has 1 N–H and O–H groups in total. The van der Waals surface area contributed by atoms with E-state index in [1.165, 1.54) is 11.3 Å². The van der Waals surface area contributed by atoms with Crippen LogP contribution in [-0.2, 0) is 0 Å². The molecule has 6 heteroatoms. The van der Waals surface area contributed by atoms with Gasteiger partial charge in [-0.05, 0) is 17.5 Å². The van der Waals surface area contributed by atoms with Gasteiger partial charge in [0.25, 0.3) is 12.3 Å². The molecule has 3 nitrogen and oxygen atoms in total. The summed E-state index contributed by atoms with van der Waals surface area (Å²) in [5.41, 5.74) is 0. The highest BCUT2D eigenvalue weighted by Crippen LogP contribution is 2.26. The number of alkyl halides is 2. The van der Waals surface area contributed by atoms with E-state index >= 15 is 0 Å². The van der Waals surface area contributed by atoms with Gasteiger partial charge in [-0.1, -0.05) is 18.2 Å². The molecule has 0 bridgehead atoms. The van der Waals surface area contributed by atoms with Crippen LogP contribution in [-0.4, -0.2) is 42.0 Å². The van der Waals surface area contributed by atoms with Gasteiger partial charge in [-0.25, -0.2) is 8.78 Å². The van der Waals surface area contributed by atoms with E-state index in [0.717, 1.165) is 15.0 Å². The quantitative estimate of drug-likeness (QED) is 0.917. The zero-order valence-electron chi connectivity index (χ0n) is 10.1. The van der Waals surface area contributed by atoms with Gasteiger partial charge >= 0.3 is 0 Å². The Morgan fingerprint density at radius 2 is 2.11 bits per heavy atom. The summed E-state index contributed by atoms with van der Waals surface area (Å²) in [5, 5.41) is 9.76. The van der Waals surface area contributed by atoms with Gasteiger partial charge in [0.2, 0.25) is 0 Å². The van der Waals surface area contributed by atoms with Gasteiger partial charge in [0, 0.05) is 11.2 Å². The first kappa shape index (κ1) is 13.9. The monoisotopic (exact) mass is 285 g/mol. The lowest BCUT2D eigenvalue weighted by molar-refractivity contribution is 0.0513. The minimum atomic E-state index is -2.61. The van der Waals surface area contributed by atoms with Crippen LogP contribution in [0.5, 0.6) is 0 Å². The van der Waals surface area contributed by atoms with Crippen molar-refractivity contribution in [1.82, 2.24) is 4.90 Å². The Hall–Kier alpha value is -1.53. The second kappa shape index (κ2) is 6.08. The molecule has 0 atom stereocenters. The SMILES string of the molecule is O=C(c1cc2ccccc2s1)N(CCO)CC(F)F. The third-order valence-corrected chi connectivity index (χ3v) is 3.76. The Morgan fingerprint density at radius 1 is 1.37 bits per heavy atom. The number of hydrogen-bond acceptors (Lipinski definition) is 3. The van der Waals surface area contributed by atoms with Crippen LogP contribution in [0.3, 0.4) is 0 Å². The number of nitrogens with zero attached hydrogens (tertiary/aromatic N) is 1. The van der Waals surface area contributed by atoms with Crippen LogP contribution in [0.4, 0.5) is 8.78 Å². The smallest absolute Gasteiger partial charge is 0.264 e. The lowest BCUT2D eigenvalue weighted by atomic mass is 10.2. The average molecular weight is 285 g/mol. The van der Waals surface area contributed by atoms with Crippen molar-refractivity contribution in [2.24, 2.45) is 0 Å². The molecule has 1 aromatic carbocycles. The number of hydrogen-bond donors (Lipinski definition) is 1. The van der Waals surface area contributed by atoms with Gasteiger partial charge in [0.05, 0.1) is 18.0 Å². The molecule has 0 radical (unpaired) electrons. The van der Waals surface area contributed by atoms with Crippen molar-refractivity contribution in [3.8, 4) is 0 Å². The molecule has 102 valence electrons. The van der Waals surface area contributed by atoms with Crippen molar-refractivity contribution in [1.29, 1.82) is 0 Å². The van der Waals surface area contributed by atoms with Crippen LogP contribution in [0.1, 0.15) is 9.67 Å². The van der Waals surface area contributed by atoms with Crippen LogP contribution >= 0.6 is 11.3 Å². The fourth-order valence-electron chi connectivity index (χ4n) is 1.81. The third kappa shape index (κ3) is 3.27. The van der Waals surface area contributed by atoms with E-state index in [1.54, 1.807) is 6.07 Å². The molecule has 1 amide bonds. The van der Waals surface area contributed by atoms with E-state index in [9.17, 15) is 13.6 Å². The summed E-state index contributed by atoms with van der Waals surface area (Å²) in [5.74, 6) is -0.462. The molecule has 0 spiro atoms. The average Bonchev–Trinajstić information content (AvgIpc) is 2.80. The Morgan fingerprint density at radius 3 is 2.74 bits per heavy atom. The first-order chi connectivity index (χ1) is 9.11. The Kier molecular flexibility index (Phi) is 4.44. The van der Waals surface area contributed by atoms with Crippen LogP contribution in [0.15, 0.2) is 30.3 Å². The van der Waals surface area contributed by atoms with Gasteiger partial charge in [0.1, 0.15) is 0 Å². The summed E-state index contributed by atoms with van der Waals surface area (Å²) < 4.78 is 25.8. The Labute approximate surface area is 113 Å². The zero-order valence-corrected chi connectivity index (χ0v) is 10.9. The van der Waals surface area contributed by atoms with E-state index in [0.29, 0.717) is 4.88 Å². The molecule has 2 rings (SSSR count). The Balaban J connectivity index is 2.24. The van der Waals surface area contributed by atoms with Gasteiger partial charge in [-0.15, -0.1) is 11.3 Å². The number of fused-ring (bicyclic) bond motifs is 1. The predicted octanol–water partition coefficient (Wildman–Crippen LogP) is 2.60. The van der Waals surface area contributed by atoms with E-state index in [4.69, 9.17) is 5.11 Å². The number of aliphatic hydroxyl groups excluding tert-OH is 1. The maximum absolute atomic E-state index is 12.4. The number of aliphatic hydroxyl groups is 1. The van der Waals surface area contributed by atoms with Gasteiger partial charge in [0.15, 0.2) is 0 Å². The lowest BCUT2D eigenvalue weighted by Crippen LogP contribution is -2.36. The minimum absolute atomic E-state index is 0.0859. The molecule has 0 saturated heterocycles. The van der Waals surface area contributed by atoms with Crippen molar-refractivity contribution in [2.45, 2.75) is 6.43 Å². The van der Waals surface area contributed by atoms with Crippen molar-refractivity contribution in [3.05, 3.63) is 35.2 Å². The van der Waals surface area contributed by atoms with Crippen molar-refractivity contribution < 1.29 is 18.7 Å². The molecular weight excluding hydrogens is 272 g/mol. The topological polar surface area (TPSA) is 40.5 Å². The molecule has 0 unspecified atom stereocenters. The first-order valence-corrected chi connectivity index (χ1v) is 6.60. The van der Waals surface area contributed by atoms with Gasteiger partial charge < -0.3 is 10.0 Å². The standard InChI is InChI=1S/C13H13F2NO2S/c14-12(15)8-16(5-6-17)13(18)11-7-9-3-1-2-4-10(9)19-11/h1-4,7,12,17H,5-6,8H2. The highest BCUT2D eigenvalue weighted by atomic mass is 32.1. The third-order valence-electron chi connectivity index (χ3n) is 2.65. The van der Waals surface area contributed by atoms with E-state index in [-0.39, 0.29) is 13.2 Å². The molecule has 1 aromatic heterocycles. The number of carbonyl (C=O) groups is 1. The first-order valence-electron chi connectivity index (χ1n) is 5.78. The normalized spacial score (nSPS) is 11.2. The molecular formula is C13H13F2NO2S. The molecule has 1 heterocycles. The lowest BCUT2D eigenvalue weighted by Gasteiger charge is -2.20. The fourth-order valence-corrected chi connectivity index (χ4v) is 2.84. The summed E-state index contributed by atoms with van der Waals surface area (Å²) in [6, 6.07) is 9.15. The number of rotatable bonds is 5. The summed E-state index contributed by atoms with van der Waals surface area (Å²) in [6.45, 7) is -1.07. The summed E-state index contributed by atoms with van der Waals surface area (Å²) in [6.07, 6.45) is -2.61.